The van der Waals surface area contributed by atoms with Crippen molar-refractivity contribution in [1.82, 2.24) is 10.3 Å². The number of para-hydroxylation sites is 2. The Kier molecular flexibility index (Phi) is 6.05. The maximum Gasteiger partial charge on any atom is 0.255 e. The highest BCUT2D eigenvalue weighted by atomic mass is 35.5. The van der Waals surface area contributed by atoms with Gasteiger partial charge >= 0.3 is 0 Å². The third-order valence-electron chi connectivity index (χ3n) is 5.18. The summed E-state index contributed by atoms with van der Waals surface area (Å²) < 4.78 is 5.61. The molecular weight excluding hydrogens is 396 g/mol. The zero-order valence-corrected chi connectivity index (χ0v) is 17.4. The Balaban J connectivity index is 1.66. The Hall–Kier alpha value is -3.24. The van der Waals surface area contributed by atoms with Gasteiger partial charge in [-0.25, -0.2) is 0 Å². The molecule has 4 aromatic rings. The number of H-pyrrole nitrogens is 1. The van der Waals surface area contributed by atoms with Crippen molar-refractivity contribution in [3.05, 3.63) is 101 Å². The largest absolute Gasteiger partial charge is 0.493 e. The first-order chi connectivity index (χ1) is 14.7. The second-order valence-electron chi connectivity index (χ2n) is 7.00. The highest BCUT2D eigenvalue weighted by Crippen LogP contribution is 2.34. The number of ether oxygens (including phenoxy) is 1. The second kappa shape index (κ2) is 9.06. The van der Waals surface area contributed by atoms with Crippen LogP contribution in [0.5, 0.6) is 5.75 Å². The minimum atomic E-state index is -0.170. The van der Waals surface area contributed by atoms with E-state index in [9.17, 15) is 4.79 Å². The minimum absolute atomic E-state index is 0.0990. The Labute approximate surface area is 180 Å². The monoisotopic (exact) mass is 418 g/mol. The number of hydrogen-bond acceptors (Lipinski definition) is 2. The van der Waals surface area contributed by atoms with Crippen LogP contribution >= 0.6 is 11.6 Å². The van der Waals surface area contributed by atoms with Crippen LogP contribution in [-0.4, -0.2) is 24.0 Å². The maximum atomic E-state index is 13.0. The topological polar surface area (TPSA) is 54.1 Å². The fraction of sp³-hybridized carbons (Fsp3) is 0.160. The van der Waals surface area contributed by atoms with Crippen LogP contribution in [0.2, 0.25) is 5.02 Å². The van der Waals surface area contributed by atoms with Crippen molar-refractivity contribution >= 4 is 28.4 Å². The first-order valence-electron chi connectivity index (χ1n) is 9.99. The molecule has 0 saturated carbocycles. The Bertz CT molecular complexity index is 1170. The summed E-state index contributed by atoms with van der Waals surface area (Å²) in [7, 11) is 0. The van der Waals surface area contributed by atoms with E-state index in [2.05, 4.69) is 16.4 Å². The average Bonchev–Trinajstić information content (AvgIpc) is 3.20. The molecule has 0 saturated heterocycles. The molecule has 4 nitrogen and oxygen atoms in total. The molecule has 5 heteroatoms. The fourth-order valence-corrected chi connectivity index (χ4v) is 4.02. The molecule has 3 aromatic carbocycles. The van der Waals surface area contributed by atoms with Gasteiger partial charge in [0.1, 0.15) is 5.75 Å². The molecule has 0 aliphatic carbocycles. The number of amides is 1. The average molecular weight is 419 g/mol. The number of fused-ring (bicyclic) bond motifs is 1. The predicted molar refractivity (Wildman–Crippen MR) is 122 cm³/mol. The SMILES string of the molecule is CCOc1ccccc1C(=O)NC[C@H](c1ccccc1Cl)c1c[nH]c2ccccc12. The Morgan fingerprint density at radius 3 is 2.57 bits per heavy atom. The number of carbonyl (C=O) groups is 1. The summed E-state index contributed by atoms with van der Waals surface area (Å²) in [4.78, 5) is 16.3. The van der Waals surface area contributed by atoms with Crippen molar-refractivity contribution in [1.29, 1.82) is 0 Å². The van der Waals surface area contributed by atoms with Gasteiger partial charge in [0.05, 0.1) is 12.2 Å². The normalized spacial score (nSPS) is 11.9. The summed E-state index contributed by atoms with van der Waals surface area (Å²) in [5.74, 6) is 0.313. The van der Waals surface area contributed by atoms with Crippen LogP contribution in [0.3, 0.4) is 0 Å². The number of halogens is 1. The molecule has 0 aliphatic heterocycles. The zero-order valence-electron chi connectivity index (χ0n) is 16.7. The molecule has 1 heterocycles. The number of rotatable bonds is 7. The van der Waals surface area contributed by atoms with Gasteiger partial charge in [-0.3, -0.25) is 4.79 Å². The molecule has 1 amide bonds. The van der Waals surface area contributed by atoms with Crippen LogP contribution in [-0.2, 0) is 0 Å². The van der Waals surface area contributed by atoms with E-state index in [4.69, 9.17) is 16.3 Å². The van der Waals surface area contributed by atoms with Crippen LogP contribution in [0.4, 0.5) is 0 Å². The number of aromatic amines is 1. The highest BCUT2D eigenvalue weighted by Gasteiger charge is 2.22. The molecule has 152 valence electrons. The maximum absolute atomic E-state index is 13.0. The molecule has 0 bridgehead atoms. The lowest BCUT2D eigenvalue weighted by atomic mass is 9.90. The standard InChI is InChI=1S/C25H23ClN2O2/c1-2-30-24-14-8-5-11-19(24)25(29)28-16-20(17-9-3-6-12-22(17)26)21-15-27-23-13-7-4-10-18(21)23/h3-15,20,27H,2,16H2,1H3,(H,28,29)/t20-/m1/s1. The summed E-state index contributed by atoms with van der Waals surface area (Å²) >= 11 is 6.54. The molecule has 0 spiro atoms. The Morgan fingerprint density at radius 2 is 1.73 bits per heavy atom. The summed E-state index contributed by atoms with van der Waals surface area (Å²) in [6, 6.07) is 23.2. The van der Waals surface area contributed by atoms with Gasteiger partial charge in [-0.05, 0) is 42.3 Å². The lowest BCUT2D eigenvalue weighted by Gasteiger charge is -2.20. The quantitative estimate of drug-likeness (QED) is 0.399. The number of carbonyl (C=O) groups excluding carboxylic acids is 1. The fourth-order valence-electron chi connectivity index (χ4n) is 3.75. The number of hydrogen-bond donors (Lipinski definition) is 2. The van der Waals surface area contributed by atoms with Crippen LogP contribution in [0, 0.1) is 0 Å². The molecule has 0 radical (unpaired) electrons. The van der Waals surface area contributed by atoms with Crippen molar-refractivity contribution in [2.75, 3.05) is 13.2 Å². The van der Waals surface area contributed by atoms with E-state index in [1.54, 1.807) is 6.07 Å². The Morgan fingerprint density at radius 1 is 1.00 bits per heavy atom. The third kappa shape index (κ3) is 4.05. The van der Waals surface area contributed by atoms with E-state index >= 15 is 0 Å². The molecule has 1 atom stereocenters. The lowest BCUT2D eigenvalue weighted by Crippen LogP contribution is -2.29. The molecule has 0 unspecified atom stereocenters. The molecule has 4 rings (SSSR count). The van der Waals surface area contributed by atoms with E-state index in [-0.39, 0.29) is 11.8 Å². The van der Waals surface area contributed by atoms with E-state index in [0.29, 0.717) is 29.5 Å². The lowest BCUT2D eigenvalue weighted by molar-refractivity contribution is 0.0948. The van der Waals surface area contributed by atoms with Gasteiger partial charge in [0.2, 0.25) is 0 Å². The molecule has 2 N–H and O–H groups in total. The van der Waals surface area contributed by atoms with Crippen molar-refractivity contribution in [2.24, 2.45) is 0 Å². The highest BCUT2D eigenvalue weighted by molar-refractivity contribution is 6.31. The van der Waals surface area contributed by atoms with Gasteiger partial charge in [0, 0.05) is 34.6 Å². The van der Waals surface area contributed by atoms with Crippen molar-refractivity contribution < 1.29 is 9.53 Å². The zero-order chi connectivity index (χ0) is 20.9. The number of benzene rings is 3. The van der Waals surface area contributed by atoms with E-state index < -0.39 is 0 Å². The number of aromatic nitrogens is 1. The first kappa shape index (κ1) is 20.0. The molecule has 1 aromatic heterocycles. The minimum Gasteiger partial charge on any atom is -0.493 e. The van der Waals surface area contributed by atoms with Crippen LogP contribution in [0.25, 0.3) is 10.9 Å². The van der Waals surface area contributed by atoms with Crippen molar-refractivity contribution in [3.8, 4) is 5.75 Å². The van der Waals surface area contributed by atoms with Gasteiger partial charge < -0.3 is 15.0 Å². The van der Waals surface area contributed by atoms with E-state index in [1.165, 1.54) is 0 Å². The molecule has 30 heavy (non-hydrogen) atoms. The van der Waals surface area contributed by atoms with Crippen LogP contribution < -0.4 is 10.1 Å². The summed E-state index contributed by atoms with van der Waals surface area (Å²) in [5, 5.41) is 4.88. The third-order valence-corrected chi connectivity index (χ3v) is 5.52. The van der Waals surface area contributed by atoms with E-state index in [0.717, 1.165) is 22.0 Å². The van der Waals surface area contributed by atoms with Gasteiger partial charge in [0.25, 0.3) is 5.91 Å². The predicted octanol–water partition coefficient (Wildman–Crippen LogP) is 5.78. The van der Waals surface area contributed by atoms with Crippen LogP contribution in [0.1, 0.15) is 34.3 Å². The van der Waals surface area contributed by atoms with E-state index in [1.807, 2.05) is 73.8 Å². The number of nitrogens with one attached hydrogen (secondary N) is 2. The molecular formula is C25H23ClN2O2. The summed E-state index contributed by atoms with van der Waals surface area (Å²) in [6.07, 6.45) is 2.00. The van der Waals surface area contributed by atoms with Crippen molar-refractivity contribution in [3.63, 3.8) is 0 Å². The summed E-state index contributed by atoms with van der Waals surface area (Å²) in [5.41, 5.74) is 3.65. The smallest absolute Gasteiger partial charge is 0.255 e. The molecule has 0 aliphatic rings. The molecule has 0 fully saturated rings. The van der Waals surface area contributed by atoms with Gasteiger partial charge in [-0.2, -0.15) is 0 Å². The van der Waals surface area contributed by atoms with Crippen molar-refractivity contribution in [2.45, 2.75) is 12.8 Å². The van der Waals surface area contributed by atoms with Gasteiger partial charge in [0.15, 0.2) is 0 Å². The van der Waals surface area contributed by atoms with Crippen LogP contribution in [0.15, 0.2) is 79.0 Å². The van der Waals surface area contributed by atoms with Gasteiger partial charge in [-0.1, -0.05) is 60.1 Å². The summed E-state index contributed by atoms with van der Waals surface area (Å²) in [6.45, 7) is 2.81. The van der Waals surface area contributed by atoms with Gasteiger partial charge in [-0.15, -0.1) is 0 Å². The first-order valence-corrected chi connectivity index (χ1v) is 10.4. The second-order valence-corrected chi connectivity index (χ2v) is 7.41.